The van der Waals surface area contributed by atoms with E-state index in [0.29, 0.717) is 12.1 Å². The quantitative estimate of drug-likeness (QED) is 0.758. The van der Waals surface area contributed by atoms with Crippen molar-refractivity contribution < 1.29 is 9.18 Å². The second kappa shape index (κ2) is 6.90. The summed E-state index contributed by atoms with van der Waals surface area (Å²) in [5, 5.41) is 6.48. The van der Waals surface area contributed by atoms with E-state index in [1.165, 1.54) is 23.5 Å². The third kappa shape index (κ3) is 3.41. The molecule has 6 heteroatoms. The fourth-order valence-electron chi connectivity index (χ4n) is 3.37. The highest BCUT2D eigenvalue weighted by Gasteiger charge is 2.28. The molecule has 0 aliphatic carbocycles. The minimum atomic E-state index is -0.240. The van der Waals surface area contributed by atoms with E-state index >= 15 is 0 Å². The number of carbonyl (C=O) groups excluding carboxylic acids is 1. The fraction of sp³-hybridized carbons (Fsp3) is 0.263. The van der Waals surface area contributed by atoms with Crippen LogP contribution in [0, 0.1) is 5.82 Å². The van der Waals surface area contributed by atoms with Crippen molar-refractivity contribution in [2.75, 3.05) is 13.1 Å². The molecule has 3 aromatic rings. The van der Waals surface area contributed by atoms with Crippen molar-refractivity contribution in [3.05, 3.63) is 64.9 Å². The van der Waals surface area contributed by atoms with Gasteiger partial charge in [-0.1, -0.05) is 12.1 Å². The van der Waals surface area contributed by atoms with Crippen LogP contribution in [-0.4, -0.2) is 30.0 Å². The zero-order valence-corrected chi connectivity index (χ0v) is 14.4. The van der Waals surface area contributed by atoms with Crippen LogP contribution in [0.1, 0.15) is 28.3 Å². The summed E-state index contributed by atoms with van der Waals surface area (Å²) in [6.45, 7) is 1.60. The molecule has 1 aromatic heterocycles. The summed E-state index contributed by atoms with van der Waals surface area (Å²) >= 11 is 1.52. The first-order chi connectivity index (χ1) is 12.2. The highest BCUT2D eigenvalue weighted by molar-refractivity contribution is 7.16. The number of aromatic nitrogens is 1. The standard InChI is InChI=1S/C19H18FN3OS/c20-14-4-1-12(2-5-14)15-7-8-21-10-17(15)23-19(24)13-3-6-16-18(9-13)25-11-22-16/h1-6,9,11,15,17,21H,7-8,10H2,(H,23,24). The summed E-state index contributed by atoms with van der Waals surface area (Å²) in [6, 6.07) is 12.1. The van der Waals surface area contributed by atoms with Crippen LogP contribution in [0.15, 0.2) is 48.0 Å². The molecule has 25 heavy (non-hydrogen) atoms. The van der Waals surface area contributed by atoms with Gasteiger partial charge in [0.15, 0.2) is 0 Å². The molecule has 2 heterocycles. The molecule has 2 atom stereocenters. The monoisotopic (exact) mass is 355 g/mol. The number of rotatable bonds is 3. The van der Waals surface area contributed by atoms with E-state index in [9.17, 15) is 9.18 Å². The van der Waals surface area contributed by atoms with Gasteiger partial charge in [0.1, 0.15) is 5.82 Å². The summed E-state index contributed by atoms with van der Waals surface area (Å²) in [6.07, 6.45) is 0.907. The first-order valence-electron chi connectivity index (χ1n) is 8.31. The molecule has 1 saturated heterocycles. The smallest absolute Gasteiger partial charge is 0.251 e. The van der Waals surface area contributed by atoms with Gasteiger partial charge >= 0.3 is 0 Å². The van der Waals surface area contributed by atoms with Crippen LogP contribution in [-0.2, 0) is 0 Å². The number of piperidine rings is 1. The molecule has 4 nitrogen and oxygen atoms in total. The Hall–Kier alpha value is -2.31. The molecule has 4 rings (SSSR count). The lowest BCUT2D eigenvalue weighted by molar-refractivity contribution is 0.0924. The maximum atomic E-state index is 13.2. The topological polar surface area (TPSA) is 54.0 Å². The minimum Gasteiger partial charge on any atom is -0.347 e. The third-order valence-electron chi connectivity index (χ3n) is 4.69. The molecule has 2 unspecified atom stereocenters. The Labute approximate surface area is 149 Å². The number of fused-ring (bicyclic) bond motifs is 1. The molecule has 0 bridgehead atoms. The minimum absolute atomic E-state index is 0.0242. The predicted molar refractivity (Wildman–Crippen MR) is 97.5 cm³/mol. The number of halogens is 1. The van der Waals surface area contributed by atoms with E-state index < -0.39 is 0 Å². The number of carbonyl (C=O) groups is 1. The van der Waals surface area contributed by atoms with Gasteiger partial charge in [-0.05, 0) is 48.9 Å². The average Bonchev–Trinajstić information content (AvgIpc) is 3.11. The molecule has 2 aromatic carbocycles. The number of hydrogen-bond acceptors (Lipinski definition) is 4. The molecule has 0 radical (unpaired) electrons. The van der Waals surface area contributed by atoms with Gasteiger partial charge in [-0.25, -0.2) is 9.37 Å². The Kier molecular flexibility index (Phi) is 4.46. The molecule has 1 aliphatic heterocycles. The number of hydrogen-bond donors (Lipinski definition) is 2. The summed E-state index contributed by atoms with van der Waals surface area (Å²) < 4.78 is 14.2. The molecule has 0 saturated carbocycles. The molecular formula is C19H18FN3OS. The average molecular weight is 355 g/mol. The van der Waals surface area contributed by atoms with Gasteiger partial charge in [0.25, 0.3) is 5.91 Å². The Balaban J connectivity index is 1.54. The number of benzene rings is 2. The van der Waals surface area contributed by atoms with Crippen LogP contribution >= 0.6 is 11.3 Å². The Bertz CT molecular complexity index is 893. The van der Waals surface area contributed by atoms with E-state index in [2.05, 4.69) is 15.6 Å². The van der Waals surface area contributed by atoms with Crippen molar-refractivity contribution in [2.24, 2.45) is 0 Å². The van der Waals surface area contributed by atoms with Crippen molar-refractivity contribution >= 4 is 27.5 Å². The van der Waals surface area contributed by atoms with Crippen LogP contribution in [0.5, 0.6) is 0 Å². The molecular weight excluding hydrogens is 337 g/mol. The molecule has 128 valence electrons. The highest BCUT2D eigenvalue weighted by atomic mass is 32.1. The normalized spacial score (nSPS) is 20.5. The van der Waals surface area contributed by atoms with Gasteiger partial charge in [0.05, 0.1) is 15.7 Å². The zero-order chi connectivity index (χ0) is 17.2. The first-order valence-corrected chi connectivity index (χ1v) is 9.19. The van der Waals surface area contributed by atoms with E-state index in [1.807, 2.05) is 24.3 Å². The molecule has 0 spiro atoms. The fourth-order valence-corrected chi connectivity index (χ4v) is 4.08. The van der Waals surface area contributed by atoms with Crippen molar-refractivity contribution in [3.63, 3.8) is 0 Å². The Morgan fingerprint density at radius 3 is 2.92 bits per heavy atom. The summed E-state index contributed by atoms with van der Waals surface area (Å²) in [4.78, 5) is 16.9. The second-order valence-electron chi connectivity index (χ2n) is 6.27. The lowest BCUT2D eigenvalue weighted by Crippen LogP contribution is -2.50. The van der Waals surface area contributed by atoms with Crippen molar-refractivity contribution in [3.8, 4) is 0 Å². The van der Waals surface area contributed by atoms with Crippen molar-refractivity contribution in [1.82, 2.24) is 15.6 Å². The van der Waals surface area contributed by atoms with Crippen LogP contribution in [0.4, 0.5) is 4.39 Å². The van der Waals surface area contributed by atoms with E-state index in [0.717, 1.165) is 28.7 Å². The maximum Gasteiger partial charge on any atom is 0.251 e. The lowest BCUT2D eigenvalue weighted by Gasteiger charge is -2.33. The van der Waals surface area contributed by atoms with Crippen LogP contribution in [0.2, 0.25) is 0 Å². The Morgan fingerprint density at radius 2 is 2.08 bits per heavy atom. The van der Waals surface area contributed by atoms with Gasteiger partial charge in [0.2, 0.25) is 0 Å². The van der Waals surface area contributed by atoms with Crippen LogP contribution in [0.25, 0.3) is 10.2 Å². The van der Waals surface area contributed by atoms with Gasteiger partial charge in [-0.3, -0.25) is 4.79 Å². The van der Waals surface area contributed by atoms with Crippen LogP contribution in [0.3, 0.4) is 0 Å². The van der Waals surface area contributed by atoms with Gasteiger partial charge in [0, 0.05) is 24.1 Å². The molecule has 1 amide bonds. The van der Waals surface area contributed by atoms with Gasteiger partial charge < -0.3 is 10.6 Å². The molecule has 1 fully saturated rings. The van der Waals surface area contributed by atoms with Gasteiger partial charge in [-0.2, -0.15) is 0 Å². The predicted octanol–water partition coefficient (Wildman–Crippen LogP) is 3.31. The van der Waals surface area contributed by atoms with E-state index in [-0.39, 0.29) is 23.7 Å². The third-order valence-corrected chi connectivity index (χ3v) is 5.48. The van der Waals surface area contributed by atoms with Crippen molar-refractivity contribution in [2.45, 2.75) is 18.4 Å². The van der Waals surface area contributed by atoms with Crippen molar-refractivity contribution in [1.29, 1.82) is 0 Å². The number of nitrogens with one attached hydrogen (secondary N) is 2. The molecule has 2 N–H and O–H groups in total. The number of nitrogens with zero attached hydrogens (tertiary/aromatic N) is 1. The van der Waals surface area contributed by atoms with E-state index in [1.54, 1.807) is 11.6 Å². The zero-order valence-electron chi connectivity index (χ0n) is 13.5. The lowest BCUT2D eigenvalue weighted by atomic mass is 9.86. The largest absolute Gasteiger partial charge is 0.347 e. The maximum absolute atomic E-state index is 13.2. The summed E-state index contributed by atoms with van der Waals surface area (Å²) in [5.41, 5.74) is 4.39. The summed E-state index contributed by atoms with van der Waals surface area (Å²) in [5.74, 6) is -0.148. The summed E-state index contributed by atoms with van der Waals surface area (Å²) in [7, 11) is 0. The van der Waals surface area contributed by atoms with Crippen LogP contribution < -0.4 is 10.6 Å². The van der Waals surface area contributed by atoms with E-state index in [4.69, 9.17) is 0 Å². The highest BCUT2D eigenvalue weighted by Crippen LogP contribution is 2.26. The van der Waals surface area contributed by atoms with Gasteiger partial charge in [-0.15, -0.1) is 11.3 Å². The molecule has 1 aliphatic rings. The number of amides is 1. The first kappa shape index (κ1) is 16.2. The Morgan fingerprint density at radius 1 is 1.24 bits per heavy atom. The SMILES string of the molecule is O=C(NC1CNCCC1c1ccc(F)cc1)c1ccc2ncsc2c1. The second-order valence-corrected chi connectivity index (χ2v) is 7.15. The number of thiazole rings is 1.